The zero-order chi connectivity index (χ0) is 16.0. The van der Waals surface area contributed by atoms with Crippen LogP contribution in [0.3, 0.4) is 0 Å². The molecular formula is C15H22N2O3S. The summed E-state index contributed by atoms with van der Waals surface area (Å²) < 4.78 is 10.8. The van der Waals surface area contributed by atoms with Gasteiger partial charge in [-0.25, -0.2) is 0 Å². The monoisotopic (exact) mass is 310 g/mol. The van der Waals surface area contributed by atoms with Gasteiger partial charge in [-0.2, -0.15) is 0 Å². The molecule has 0 aliphatic carbocycles. The number of hydrogen-bond donors (Lipinski definition) is 2. The Hall–Kier alpha value is -1.82. The van der Waals surface area contributed by atoms with Crippen molar-refractivity contribution in [3.63, 3.8) is 0 Å². The molecule has 1 aromatic rings. The van der Waals surface area contributed by atoms with E-state index < -0.39 is 6.10 Å². The van der Waals surface area contributed by atoms with Crippen molar-refractivity contribution in [2.45, 2.75) is 26.9 Å². The summed E-state index contributed by atoms with van der Waals surface area (Å²) in [7, 11) is 1.54. The van der Waals surface area contributed by atoms with Gasteiger partial charge in [0, 0.05) is 18.2 Å². The van der Waals surface area contributed by atoms with Crippen LogP contribution in [0.2, 0.25) is 0 Å². The Kier molecular flexibility index (Phi) is 6.42. The summed E-state index contributed by atoms with van der Waals surface area (Å²) in [6.07, 6.45) is -0.616. The molecule has 0 aliphatic rings. The van der Waals surface area contributed by atoms with Gasteiger partial charge >= 0.3 is 0 Å². The van der Waals surface area contributed by atoms with Gasteiger partial charge in [-0.15, -0.1) is 0 Å². The second kappa shape index (κ2) is 7.83. The Morgan fingerprint density at radius 2 is 1.90 bits per heavy atom. The molecule has 1 aromatic carbocycles. The summed E-state index contributed by atoms with van der Waals surface area (Å²) in [5.74, 6) is 1.29. The van der Waals surface area contributed by atoms with Gasteiger partial charge in [0.05, 0.1) is 7.11 Å². The van der Waals surface area contributed by atoms with Gasteiger partial charge in [-0.05, 0) is 25.0 Å². The summed E-state index contributed by atoms with van der Waals surface area (Å²) in [4.78, 5) is 12.2. The number of nitrogens with two attached hydrogens (primary N) is 1. The molecule has 0 spiro atoms. The maximum atomic E-state index is 11.9. The smallest absolute Gasteiger partial charge is 0.260 e. The van der Waals surface area contributed by atoms with E-state index in [-0.39, 0.29) is 10.9 Å². The van der Waals surface area contributed by atoms with Crippen molar-refractivity contribution in [3.8, 4) is 11.5 Å². The topological polar surface area (TPSA) is 73.6 Å². The number of benzene rings is 1. The van der Waals surface area contributed by atoms with E-state index in [9.17, 15) is 4.79 Å². The van der Waals surface area contributed by atoms with Gasteiger partial charge in [0.1, 0.15) is 16.5 Å². The van der Waals surface area contributed by atoms with Crippen molar-refractivity contribution in [2.75, 3.05) is 13.7 Å². The van der Waals surface area contributed by atoms with Crippen LogP contribution < -0.4 is 20.5 Å². The third-order valence-electron chi connectivity index (χ3n) is 2.77. The molecule has 0 aliphatic heterocycles. The maximum absolute atomic E-state index is 11.9. The van der Waals surface area contributed by atoms with Crippen LogP contribution in [0.5, 0.6) is 11.5 Å². The van der Waals surface area contributed by atoms with E-state index in [1.165, 1.54) is 0 Å². The SMILES string of the molecule is COc1cc(OC(C)C(=O)NCC(C)C)cc(C(N)=S)c1. The number of carbonyl (C=O) groups excluding carboxylic acids is 1. The molecule has 1 amide bonds. The molecule has 1 unspecified atom stereocenters. The molecule has 1 rings (SSSR count). The summed E-state index contributed by atoms with van der Waals surface area (Å²) in [6, 6.07) is 5.10. The first-order chi connectivity index (χ1) is 9.83. The Morgan fingerprint density at radius 1 is 1.29 bits per heavy atom. The Bertz CT molecular complexity index is 518. The third-order valence-corrected chi connectivity index (χ3v) is 3.00. The van der Waals surface area contributed by atoms with E-state index in [1.807, 2.05) is 13.8 Å². The normalized spacial score (nSPS) is 11.9. The van der Waals surface area contributed by atoms with E-state index in [1.54, 1.807) is 32.2 Å². The average Bonchev–Trinajstić information content (AvgIpc) is 2.43. The summed E-state index contributed by atoms with van der Waals surface area (Å²) in [5.41, 5.74) is 6.25. The quantitative estimate of drug-likeness (QED) is 0.752. The van der Waals surface area contributed by atoms with Gasteiger partial charge in [0.2, 0.25) is 0 Å². The summed E-state index contributed by atoms with van der Waals surface area (Å²) in [5, 5.41) is 2.82. The van der Waals surface area contributed by atoms with Gasteiger partial charge < -0.3 is 20.5 Å². The Morgan fingerprint density at radius 3 is 2.43 bits per heavy atom. The van der Waals surface area contributed by atoms with E-state index in [4.69, 9.17) is 27.4 Å². The molecule has 21 heavy (non-hydrogen) atoms. The number of methoxy groups -OCH3 is 1. The fourth-order valence-electron chi connectivity index (χ4n) is 1.61. The highest BCUT2D eigenvalue weighted by Gasteiger charge is 2.15. The minimum atomic E-state index is -0.616. The number of thiocarbonyl (C=S) groups is 1. The first-order valence-corrected chi connectivity index (χ1v) is 7.17. The number of rotatable bonds is 7. The van der Waals surface area contributed by atoms with Crippen LogP contribution in [0, 0.1) is 5.92 Å². The zero-order valence-corrected chi connectivity index (χ0v) is 13.6. The van der Waals surface area contributed by atoms with Crippen LogP contribution in [-0.4, -0.2) is 30.7 Å². The molecule has 1 atom stereocenters. The first kappa shape index (κ1) is 17.2. The minimum Gasteiger partial charge on any atom is -0.497 e. The van der Waals surface area contributed by atoms with E-state index in [0.717, 1.165) is 0 Å². The second-order valence-electron chi connectivity index (χ2n) is 5.16. The van der Waals surface area contributed by atoms with Crippen LogP contribution in [0.15, 0.2) is 18.2 Å². The van der Waals surface area contributed by atoms with E-state index >= 15 is 0 Å². The highest BCUT2D eigenvalue weighted by atomic mass is 32.1. The summed E-state index contributed by atoms with van der Waals surface area (Å²) >= 11 is 4.95. The molecule has 0 aromatic heterocycles. The second-order valence-corrected chi connectivity index (χ2v) is 5.60. The average molecular weight is 310 g/mol. The number of amides is 1. The van der Waals surface area contributed by atoms with Gasteiger partial charge in [0.25, 0.3) is 5.91 Å². The van der Waals surface area contributed by atoms with Crippen molar-refractivity contribution in [3.05, 3.63) is 23.8 Å². The molecule has 0 saturated carbocycles. The fourth-order valence-corrected chi connectivity index (χ4v) is 1.72. The molecule has 3 N–H and O–H groups in total. The lowest BCUT2D eigenvalue weighted by Gasteiger charge is -2.17. The van der Waals surface area contributed by atoms with Crippen molar-refractivity contribution in [2.24, 2.45) is 11.7 Å². The van der Waals surface area contributed by atoms with Crippen LogP contribution in [0.1, 0.15) is 26.3 Å². The van der Waals surface area contributed by atoms with Crippen molar-refractivity contribution in [1.29, 1.82) is 0 Å². The first-order valence-electron chi connectivity index (χ1n) is 6.76. The fraction of sp³-hybridized carbons (Fsp3) is 0.467. The largest absolute Gasteiger partial charge is 0.497 e. The summed E-state index contributed by atoms with van der Waals surface area (Å²) in [6.45, 7) is 6.36. The predicted molar refractivity (Wildman–Crippen MR) is 86.8 cm³/mol. The maximum Gasteiger partial charge on any atom is 0.260 e. The molecule has 0 saturated heterocycles. The number of carbonyl (C=O) groups is 1. The third kappa shape index (κ3) is 5.59. The van der Waals surface area contributed by atoms with Crippen molar-refractivity contribution >= 4 is 23.1 Å². The van der Waals surface area contributed by atoms with Gasteiger partial charge in [0.15, 0.2) is 6.10 Å². The zero-order valence-electron chi connectivity index (χ0n) is 12.8. The molecular weight excluding hydrogens is 288 g/mol. The van der Waals surface area contributed by atoms with E-state index in [0.29, 0.717) is 29.5 Å². The van der Waals surface area contributed by atoms with Crippen molar-refractivity contribution < 1.29 is 14.3 Å². The Labute approximate surface area is 130 Å². The van der Waals surface area contributed by atoms with Crippen LogP contribution in [0.4, 0.5) is 0 Å². The highest BCUT2D eigenvalue weighted by Crippen LogP contribution is 2.23. The molecule has 6 heteroatoms. The van der Waals surface area contributed by atoms with Crippen LogP contribution in [-0.2, 0) is 4.79 Å². The standard InChI is InChI=1S/C15H22N2O3S/c1-9(2)8-17-15(18)10(3)20-13-6-11(14(16)21)5-12(7-13)19-4/h5-7,9-10H,8H2,1-4H3,(H2,16,21)(H,17,18). The molecule has 0 bridgehead atoms. The van der Waals surface area contributed by atoms with Crippen LogP contribution >= 0.6 is 12.2 Å². The van der Waals surface area contributed by atoms with Gasteiger partial charge in [-0.3, -0.25) is 4.79 Å². The molecule has 0 radical (unpaired) electrons. The van der Waals surface area contributed by atoms with E-state index in [2.05, 4.69) is 5.32 Å². The predicted octanol–water partition coefficient (Wildman–Crippen LogP) is 1.87. The molecule has 116 valence electrons. The van der Waals surface area contributed by atoms with Crippen molar-refractivity contribution in [1.82, 2.24) is 5.32 Å². The minimum absolute atomic E-state index is 0.164. The van der Waals surface area contributed by atoms with Crippen LogP contribution in [0.25, 0.3) is 0 Å². The molecule has 5 nitrogen and oxygen atoms in total. The lowest BCUT2D eigenvalue weighted by atomic mass is 10.2. The highest BCUT2D eigenvalue weighted by molar-refractivity contribution is 7.80. The number of nitrogens with one attached hydrogen (secondary N) is 1. The number of hydrogen-bond acceptors (Lipinski definition) is 4. The molecule has 0 heterocycles. The lowest BCUT2D eigenvalue weighted by Crippen LogP contribution is -2.38. The molecule has 0 fully saturated rings. The Balaban J connectivity index is 2.79. The van der Waals surface area contributed by atoms with Gasteiger partial charge in [-0.1, -0.05) is 26.1 Å². The number of ether oxygens (including phenoxy) is 2. The lowest BCUT2D eigenvalue weighted by molar-refractivity contribution is -0.127.